The summed E-state index contributed by atoms with van der Waals surface area (Å²) in [6.07, 6.45) is 0. The first kappa shape index (κ1) is 12.4. The number of ketones is 1. The molecule has 20 heavy (non-hydrogen) atoms. The Labute approximate surface area is 118 Å². The Balaban J connectivity index is 2.15. The first-order chi connectivity index (χ1) is 9.75. The zero-order valence-corrected chi connectivity index (χ0v) is 11.3. The lowest BCUT2D eigenvalue weighted by Crippen LogP contribution is -1.92. The average molecular weight is 261 g/mol. The molecule has 0 saturated heterocycles. The smallest absolute Gasteiger partial charge is 0.161 e. The molecule has 0 bridgehead atoms. The van der Waals surface area contributed by atoms with Gasteiger partial charge in [-0.1, -0.05) is 60.7 Å². The molecule has 0 saturated carbocycles. The van der Waals surface area contributed by atoms with E-state index < -0.39 is 0 Å². The van der Waals surface area contributed by atoms with Crippen LogP contribution in [0.15, 0.2) is 66.7 Å². The third-order valence-electron chi connectivity index (χ3n) is 3.34. The first-order valence-electron chi connectivity index (χ1n) is 6.60. The van der Waals surface area contributed by atoms with E-state index in [4.69, 9.17) is 0 Å². The summed E-state index contributed by atoms with van der Waals surface area (Å²) >= 11 is 0. The van der Waals surface area contributed by atoms with Crippen molar-refractivity contribution in [3.05, 3.63) is 72.3 Å². The fourth-order valence-corrected chi connectivity index (χ4v) is 2.34. The lowest BCUT2D eigenvalue weighted by molar-refractivity contribution is 0.101. The van der Waals surface area contributed by atoms with Crippen LogP contribution < -0.4 is 0 Å². The zero-order chi connectivity index (χ0) is 13.9. The number of H-pyrrole nitrogens is 1. The lowest BCUT2D eigenvalue weighted by atomic mass is 10.1. The molecule has 0 radical (unpaired) electrons. The van der Waals surface area contributed by atoms with Gasteiger partial charge in [-0.05, 0) is 24.1 Å². The average Bonchev–Trinajstić information content (AvgIpc) is 2.94. The van der Waals surface area contributed by atoms with Crippen LogP contribution in [0.2, 0.25) is 0 Å². The van der Waals surface area contributed by atoms with Crippen molar-refractivity contribution in [2.45, 2.75) is 6.92 Å². The van der Waals surface area contributed by atoms with E-state index in [1.54, 1.807) is 6.92 Å². The van der Waals surface area contributed by atoms with Crippen molar-refractivity contribution in [1.29, 1.82) is 0 Å². The number of Topliss-reactive ketones (excluding diaryl/α,β-unsaturated/α-hetero) is 1. The molecule has 0 aliphatic carbocycles. The second-order valence-corrected chi connectivity index (χ2v) is 4.76. The Bertz CT molecular complexity index is 727. The molecule has 1 heterocycles. The van der Waals surface area contributed by atoms with Gasteiger partial charge < -0.3 is 4.98 Å². The summed E-state index contributed by atoms with van der Waals surface area (Å²) in [5, 5.41) is 0. The minimum atomic E-state index is 0.0716. The van der Waals surface area contributed by atoms with Gasteiger partial charge in [-0.3, -0.25) is 4.79 Å². The molecule has 0 amide bonds. The summed E-state index contributed by atoms with van der Waals surface area (Å²) < 4.78 is 0. The maximum Gasteiger partial charge on any atom is 0.161 e. The van der Waals surface area contributed by atoms with E-state index in [1.165, 1.54) is 0 Å². The van der Waals surface area contributed by atoms with Crippen LogP contribution >= 0.6 is 0 Å². The molecule has 2 aromatic carbocycles. The highest BCUT2D eigenvalue weighted by Gasteiger charge is 2.14. The van der Waals surface area contributed by atoms with Gasteiger partial charge >= 0.3 is 0 Å². The van der Waals surface area contributed by atoms with Gasteiger partial charge in [0.05, 0.1) is 5.69 Å². The van der Waals surface area contributed by atoms with Crippen molar-refractivity contribution >= 4 is 5.78 Å². The normalized spacial score (nSPS) is 10.4. The Hall–Kier alpha value is -2.61. The fourth-order valence-electron chi connectivity index (χ4n) is 2.34. The number of hydrogen-bond donors (Lipinski definition) is 1. The van der Waals surface area contributed by atoms with Crippen LogP contribution in [-0.2, 0) is 0 Å². The number of aromatic amines is 1. The highest BCUT2D eigenvalue weighted by Crippen LogP contribution is 2.29. The molecule has 3 aromatic rings. The van der Waals surface area contributed by atoms with Crippen molar-refractivity contribution in [3.63, 3.8) is 0 Å². The van der Waals surface area contributed by atoms with E-state index >= 15 is 0 Å². The lowest BCUT2D eigenvalue weighted by Gasteiger charge is -2.01. The summed E-state index contributed by atoms with van der Waals surface area (Å²) in [5.41, 5.74) is 4.69. The minimum absolute atomic E-state index is 0.0716. The Morgan fingerprint density at radius 2 is 1.40 bits per heavy atom. The molecule has 0 aliphatic heterocycles. The number of carbonyl (C=O) groups excluding carboxylic acids is 1. The molecule has 98 valence electrons. The Morgan fingerprint density at radius 3 is 1.95 bits per heavy atom. The predicted molar refractivity (Wildman–Crippen MR) is 81.7 cm³/mol. The van der Waals surface area contributed by atoms with E-state index in [2.05, 4.69) is 4.98 Å². The molecule has 1 N–H and O–H groups in total. The molecule has 0 fully saturated rings. The summed E-state index contributed by atoms with van der Waals surface area (Å²) in [7, 11) is 0. The summed E-state index contributed by atoms with van der Waals surface area (Å²) in [6.45, 7) is 1.60. The van der Waals surface area contributed by atoms with Crippen LogP contribution in [0.3, 0.4) is 0 Å². The van der Waals surface area contributed by atoms with E-state index in [1.807, 2.05) is 66.7 Å². The van der Waals surface area contributed by atoms with Crippen molar-refractivity contribution in [3.8, 4) is 22.5 Å². The number of benzene rings is 2. The highest BCUT2D eigenvalue weighted by molar-refractivity contribution is 6.01. The number of aromatic nitrogens is 1. The van der Waals surface area contributed by atoms with Crippen LogP contribution in [0.5, 0.6) is 0 Å². The van der Waals surface area contributed by atoms with Crippen LogP contribution in [0.25, 0.3) is 22.5 Å². The number of nitrogens with one attached hydrogen (secondary N) is 1. The fraction of sp³-hybridized carbons (Fsp3) is 0.0556. The second-order valence-electron chi connectivity index (χ2n) is 4.76. The Morgan fingerprint density at radius 1 is 0.850 bits per heavy atom. The molecule has 2 nitrogen and oxygen atoms in total. The van der Waals surface area contributed by atoms with Crippen LogP contribution in [0.4, 0.5) is 0 Å². The van der Waals surface area contributed by atoms with Crippen LogP contribution in [0, 0.1) is 0 Å². The van der Waals surface area contributed by atoms with Crippen LogP contribution in [-0.4, -0.2) is 10.8 Å². The van der Waals surface area contributed by atoms with Gasteiger partial charge in [0.1, 0.15) is 0 Å². The van der Waals surface area contributed by atoms with Gasteiger partial charge in [0.25, 0.3) is 0 Å². The van der Waals surface area contributed by atoms with Crippen molar-refractivity contribution in [2.24, 2.45) is 0 Å². The second kappa shape index (κ2) is 5.17. The number of carbonyl (C=O) groups is 1. The summed E-state index contributed by atoms with van der Waals surface area (Å²) in [4.78, 5) is 15.2. The zero-order valence-electron chi connectivity index (χ0n) is 11.3. The number of rotatable bonds is 3. The maximum absolute atomic E-state index is 11.9. The molecule has 0 atom stereocenters. The quantitative estimate of drug-likeness (QED) is 0.689. The van der Waals surface area contributed by atoms with Gasteiger partial charge in [-0.15, -0.1) is 0 Å². The molecular formula is C18H15NO. The van der Waals surface area contributed by atoms with Crippen molar-refractivity contribution < 1.29 is 4.79 Å². The topological polar surface area (TPSA) is 32.9 Å². The third kappa shape index (κ3) is 2.28. The predicted octanol–water partition coefficient (Wildman–Crippen LogP) is 4.55. The van der Waals surface area contributed by atoms with Gasteiger partial charge in [-0.25, -0.2) is 0 Å². The SMILES string of the molecule is CC(=O)c1cc(-c2ccccc2)[nH]c1-c1ccccc1. The van der Waals surface area contributed by atoms with Gasteiger partial charge in [0.2, 0.25) is 0 Å². The molecule has 0 aliphatic rings. The number of hydrogen-bond acceptors (Lipinski definition) is 1. The van der Waals surface area contributed by atoms with E-state index in [0.717, 1.165) is 28.1 Å². The monoisotopic (exact) mass is 261 g/mol. The van der Waals surface area contributed by atoms with E-state index in [9.17, 15) is 4.79 Å². The maximum atomic E-state index is 11.9. The van der Waals surface area contributed by atoms with Crippen molar-refractivity contribution in [2.75, 3.05) is 0 Å². The van der Waals surface area contributed by atoms with Crippen molar-refractivity contribution in [1.82, 2.24) is 4.98 Å². The van der Waals surface area contributed by atoms with E-state index in [0.29, 0.717) is 0 Å². The summed E-state index contributed by atoms with van der Waals surface area (Å²) in [6, 6.07) is 21.9. The van der Waals surface area contributed by atoms with E-state index in [-0.39, 0.29) is 5.78 Å². The Kier molecular flexibility index (Phi) is 3.21. The molecule has 0 spiro atoms. The molecule has 0 unspecified atom stereocenters. The molecule has 2 heteroatoms. The third-order valence-corrected chi connectivity index (χ3v) is 3.34. The minimum Gasteiger partial charge on any atom is -0.354 e. The summed E-state index contributed by atoms with van der Waals surface area (Å²) in [5.74, 6) is 0.0716. The van der Waals surface area contributed by atoms with Gasteiger partial charge in [-0.2, -0.15) is 0 Å². The molecule has 1 aromatic heterocycles. The van der Waals surface area contributed by atoms with Gasteiger partial charge in [0, 0.05) is 11.3 Å². The molecular weight excluding hydrogens is 246 g/mol. The first-order valence-corrected chi connectivity index (χ1v) is 6.60. The highest BCUT2D eigenvalue weighted by atomic mass is 16.1. The van der Waals surface area contributed by atoms with Crippen LogP contribution in [0.1, 0.15) is 17.3 Å². The largest absolute Gasteiger partial charge is 0.354 e. The standard InChI is InChI=1S/C18H15NO/c1-13(20)16-12-17(14-8-4-2-5-9-14)19-18(16)15-10-6-3-7-11-15/h2-12,19H,1H3. The van der Waals surface area contributed by atoms with Gasteiger partial charge in [0.15, 0.2) is 5.78 Å². The molecule has 3 rings (SSSR count).